The van der Waals surface area contributed by atoms with Gasteiger partial charge in [-0.15, -0.1) is 0 Å². The van der Waals surface area contributed by atoms with Gasteiger partial charge in [-0.1, -0.05) is 62.7 Å². The maximum Gasteiger partial charge on any atom is 0.261 e. The van der Waals surface area contributed by atoms with Crippen molar-refractivity contribution >= 4 is 33.2 Å². The van der Waals surface area contributed by atoms with Gasteiger partial charge in [0, 0.05) is 5.56 Å². The molecular weight excluding hydrogens is 460 g/mol. The first-order valence-corrected chi connectivity index (χ1v) is 12.3. The fourth-order valence-corrected chi connectivity index (χ4v) is 4.41. The van der Waals surface area contributed by atoms with Crippen LogP contribution in [0.4, 0.5) is 5.69 Å². The molecule has 3 rings (SSSR count). The Labute approximate surface area is 200 Å². The highest BCUT2D eigenvalue weighted by Crippen LogP contribution is 2.26. The van der Waals surface area contributed by atoms with Gasteiger partial charge in [-0.05, 0) is 53.4 Å². The van der Waals surface area contributed by atoms with Crippen LogP contribution in [0.15, 0.2) is 77.7 Å². The van der Waals surface area contributed by atoms with Gasteiger partial charge in [0.2, 0.25) is 0 Å². The molecule has 0 atom stereocenters. The first-order chi connectivity index (χ1) is 15.6. The Morgan fingerprint density at radius 3 is 2.24 bits per heavy atom. The molecule has 8 heteroatoms. The average molecular weight is 487 g/mol. The molecular formula is C25H27ClN2O4S. The number of nitrogens with one attached hydrogen (secondary N) is 2. The lowest BCUT2D eigenvalue weighted by molar-refractivity contribution is 0.0947. The number of hydrogen-bond donors (Lipinski definition) is 2. The second-order valence-electron chi connectivity index (χ2n) is 8.49. The maximum absolute atomic E-state index is 12.5. The Hall–Kier alpha value is -3.03. The summed E-state index contributed by atoms with van der Waals surface area (Å²) in [6.45, 7) is 7.06. The molecule has 0 aliphatic rings. The number of carbonyl (C=O) groups excluding carboxylic acids is 1. The van der Waals surface area contributed by atoms with E-state index >= 15 is 0 Å². The van der Waals surface area contributed by atoms with E-state index in [2.05, 4.69) is 30.8 Å². The highest BCUT2D eigenvalue weighted by atomic mass is 35.5. The Morgan fingerprint density at radius 1 is 0.970 bits per heavy atom. The Balaban J connectivity index is 1.53. The molecule has 0 bridgehead atoms. The lowest BCUT2D eigenvalue weighted by Gasteiger charge is -2.19. The van der Waals surface area contributed by atoms with Crippen molar-refractivity contribution in [2.24, 2.45) is 0 Å². The third-order valence-electron chi connectivity index (χ3n) is 4.91. The largest absolute Gasteiger partial charge is 0.492 e. The summed E-state index contributed by atoms with van der Waals surface area (Å²) < 4.78 is 33.1. The van der Waals surface area contributed by atoms with Crippen LogP contribution in [-0.4, -0.2) is 27.5 Å². The number of sulfonamides is 1. The van der Waals surface area contributed by atoms with Crippen LogP contribution < -0.4 is 14.8 Å². The zero-order chi connectivity index (χ0) is 24.1. The van der Waals surface area contributed by atoms with E-state index in [1.165, 1.54) is 35.9 Å². The molecule has 0 saturated heterocycles. The minimum Gasteiger partial charge on any atom is -0.492 e. The summed E-state index contributed by atoms with van der Waals surface area (Å²) in [5.74, 6) is 0.399. The molecule has 0 aliphatic heterocycles. The summed E-state index contributed by atoms with van der Waals surface area (Å²) in [6, 6.07) is 20.3. The molecule has 2 N–H and O–H groups in total. The quantitative estimate of drug-likeness (QED) is 0.426. The molecule has 0 heterocycles. The predicted molar refractivity (Wildman–Crippen MR) is 132 cm³/mol. The van der Waals surface area contributed by atoms with Gasteiger partial charge in [0.25, 0.3) is 15.9 Å². The van der Waals surface area contributed by atoms with Crippen molar-refractivity contribution in [3.63, 3.8) is 0 Å². The maximum atomic E-state index is 12.5. The molecule has 0 saturated carbocycles. The zero-order valence-electron chi connectivity index (χ0n) is 18.8. The summed E-state index contributed by atoms with van der Waals surface area (Å²) in [6.07, 6.45) is 0. The molecule has 3 aromatic carbocycles. The van der Waals surface area contributed by atoms with Crippen LogP contribution in [-0.2, 0) is 15.4 Å². The summed E-state index contributed by atoms with van der Waals surface area (Å²) >= 11 is 6.22. The number of halogens is 1. The van der Waals surface area contributed by atoms with E-state index in [-0.39, 0.29) is 26.9 Å². The second kappa shape index (κ2) is 10.3. The van der Waals surface area contributed by atoms with Crippen LogP contribution in [0, 0.1) is 0 Å². The lowest BCUT2D eigenvalue weighted by Crippen LogP contribution is -2.28. The van der Waals surface area contributed by atoms with Gasteiger partial charge < -0.3 is 10.1 Å². The second-order valence-corrected chi connectivity index (χ2v) is 10.6. The van der Waals surface area contributed by atoms with Crippen LogP contribution in [0.3, 0.4) is 0 Å². The number of rotatable bonds is 8. The van der Waals surface area contributed by atoms with Crippen molar-refractivity contribution in [2.75, 3.05) is 17.9 Å². The topological polar surface area (TPSA) is 84.5 Å². The van der Waals surface area contributed by atoms with E-state index in [4.69, 9.17) is 16.3 Å². The summed E-state index contributed by atoms with van der Waals surface area (Å²) in [5, 5.41) is 2.89. The average Bonchev–Trinajstić information content (AvgIpc) is 2.78. The van der Waals surface area contributed by atoms with Crippen molar-refractivity contribution < 1.29 is 17.9 Å². The smallest absolute Gasteiger partial charge is 0.261 e. The van der Waals surface area contributed by atoms with Gasteiger partial charge >= 0.3 is 0 Å². The Bertz CT molecular complexity index is 1210. The highest BCUT2D eigenvalue weighted by molar-refractivity contribution is 7.92. The first-order valence-electron chi connectivity index (χ1n) is 10.5. The minimum absolute atomic E-state index is 0.0740. The molecule has 3 aromatic rings. The van der Waals surface area contributed by atoms with Crippen molar-refractivity contribution in [2.45, 2.75) is 31.1 Å². The van der Waals surface area contributed by atoms with E-state index < -0.39 is 10.0 Å². The van der Waals surface area contributed by atoms with Gasteiger partial charge in [0.15, 0.2) is 0 Å². The molecule has 174 valence electrons. The molecule has 6 nitrogen and oxygen atoms in total. The van der Waals surface area contributed by atoms with Crippen LogP contribution in [0.25, 0.3) is 0 Å². The predicted octanol–water partition coefficient (Wildman–Crippen LogP) is 5.25. The number of hydrogen-bond acceptors (Lipinski definition) is 4. The van der Waals surface area contributed by atoms with Crippen molar-refractivity contribution in [1.29, 1.82) is 0 Å². The van der Waals surface area contributed by atoms with Crippen LogP contribution >= 0.6 is 11.6 Å². The van der Waals surface area contributed by atoms with Gasteiger partial charge in [-0.3, -0.25) is 9.52 Å². The minimum atomic E-state index is -3.78. The Kier molecular flexibility index (Phi) is 7.66. The van der Waals surface area contributed by atoms with Gasteiger partial charge in [-0.2, -0.15) is 0 Å². The normalized spacial score (nSPS) is 11.6. The number of carbonyl (C=O) groups is 1. The molecule has 0 aliphatic carbocycles. The van der Waals surface area contributed by atoms with Gasteiger partial charge in [-0.25, -0.2) is 8.42 Å². The fourth-order valence-electron chi connectivity index (χ4n) is 3.03. The zero-order valence-corrected chi connectivity index (χ0v) is 20.3. The number of ether oxygens (including phenoxy) is 1. The van der Waals surface area contributed by atoms with E-state index in [1.807, 2.05) is 24.3 Å². The number of amides is 1. The van der Waals surface area contributed by atoms with Gasteiger partial charge in [0.05, 0.1) is 22.2 Å². The lowest BCUT2D eigenvalue weighted by atomic mass is 9.87. The monoisotopic (exact) mass is 486 g/mol. The van der Waals surface area contributed by atoms with E-state index in [0.717, 1.165) is 5.75 Å². The van der Waals surface area contributed by atoms with Gasteiger partial charge in [0.1, 0.15) is 12.4 Å². The molecule has 0 aromatic heterocycles. The van der Waals surface area contributed by atoms with Crippen LogP contribution in [0.2, 0.25) is 5.02 Å². The van der Waals surface area contributed by atoms with Crippen LogP contribution in [0.1, 0.15) is 36.7 Å². The third-order valence-corrected chi connectivity index (χ3v) is 6.60. The number of anilines is 1. The molecule has 0 fully saturated rings. The molecule has 1 amide bonds. The van der Waals surface area contributed by atoms with Crippen molar-refractivity contribution in [1.82, 2.24) is 5.32 Å². The summed E-state index contributed by atoms with van der Waals surface area (Å²) in [4.78, 5) is 12.5. The van der Waals surface area contributed by atoms with E-state index in [0.29, 0.717) is 18.7 Å². The molecule has 0 radical (unpaired) electrons. The van der Waals surface area contributed by atoms with Crippen molar-refractivity contribution in [3.8, 4) is 5.75 Å². The summed E-state index contributed by atoms with van der Waals surface area (Å²) in [7, 11) is -3.78. The Morgan fingerprint density at radius 2 is 1.64 bits per heavy atom. The standard InChI is InChI=1S/C25H27ClN2O4S/c1-25(2,3)19-10-12-20(13-11-19)32-16-15-27-24(29)18-9-14-23(22(26)17-18)28-33(30,31)21-7-5-4-6-8-21/h4-14,17,28H,15-16H2,1-3H3,(H,27,29). The fraction of sp³-hybridized carbons (Fsp3) is 0.240. The molecule has 0 unspecified atom stereocenters. The summed E-state index contributed by atoms with van der Waals surface area (Å²) in [5.41, 5.74) is 1.80. The molecule has 33 heavy (non-hydrogen) atoms. The SMILES string of the molecule is CC(C)(C)c1ccc(OCCNC(=O)c2ccc(NS(=O)(=O)c3ccccc3)c(Cl)c2)cc1. The van der Waals surface area contributed by atoms with E-state index in [1.54, 1.807) is 18.2 Å². The van der Waals surface area contributed by atoms with Crippen LogP contribution in [0.5, 0.6) is 5.75 Å². The number of benzene rings is 3. The molecule has 0 spiro atoms. The third kappa shape index (κ3) is 6.73. The van der Waals surface area contributed by atoms with Crippen molar-refractivity contribution in [3.05, 3.63) is 88.9 Å². The van der Waals surface area contributed by atoms with E-state index in [9.17, 15) is 13.2 Å². The highest BCUT2D eigenvalue weighted by Gasteiger charge is 2.17. The first kappa shape index (κ1) is 24.6.